The number of imidazole rings is 1. The van der Waals surface area contributed by atoms with Crippen LogP contribution in [-0.4, -0.2) is 25.5 Å². The lowest BCUT2D eigenvalue weighted by Gasteiger charge is -2.17. The first-order chi connectivity index (χ1) is 7.60. The van der Waals surface area contributed by atoms with Crippen LogP contribution in [0.15, 0.2) is 10.6 Å². The largest absolute Gasteiger partial charge is 0.591 e. The minimum atomic E-state index is -4.47. The second-order valence-electron chi connectivity index (χ2n) is 4.28. The van der Waals surface area contributed by atoms with E-state index in [0.29, 0.717) is 6.20 Å². The fourth-order valence-corrected chi connectivity index (χ4v) is 1.31. The second kappa shape index (κ2) is 4.69. The molecule has 4 nitrogen and oxygen atoms in total. The lowest BCUT2D eigenvalue weighted by molar-refractivity contribution is -0.140. The number of hydrogen-bond acceptors (Lipinski definition) is 3. The summed E-state index contributed by atoms with van der Waals surface area (Å²) in [7, 11) is 0. The highest BCUT2D eigenvalue weighted by molar-refractivity contribution is 7.91. The zero-order valence-electron chi connectivity index (χ0n) is 9.50. The molecule has 0 aliphatic heterocycles. The molecule has 0 saturated heterocycles. The number of hydrogen-bond donors (Lipinski definition) is 1. The van der Waals surface area contributed by atoms with E-state index in [4.69, 9.17) is 0 Å². The SMILES string of the molecule is CC(C)(C)[S+]([O-])/N=C/c1ncc(C(F)(F)F)[nH]1. The van der Waals surface area contributed by atoms with Crippen molar-refractivity contribution in [2.24, 2.45) is 4.40 Å². The van der Waals surface area contributed by atoms with E-state index in [1.54, 1.807) is 20.8 Å². The Hall–Kier alpha value is -1.02. The predicted molar refractivity (Wildman–Crippen MR) is 59.1 cm³/mol. The van der Waals surface area contributed by atoms with Gasteiger partial charge >= 0.3 is 6.18 Å². The van der Waals surface area contributed by atoms with Gasteiger partial charge in [0.1, 0.15) is 28.0 Å². The zero-order valence-corrected chi connectivity index (χ0v) is 10.3. The number of alkyl halides is 3. The number of aromatic nitrogens is 2. The number of rotatable bonds is 2. The van der Waals surface area contributed by atoms with Gasteiger partial charge in [-0.2, -0.15) is 13.2 Å². The molecular formula is C9H12F3N3OS. The van der Waals surface area contributed by atoms with Crippen LogP contribution >= 0.6 is 0 Å². The maximum absolute atomic E-state index is 12.2. The average molecular weight is 267 g/mol. The van der Waals surface area contributed by atoms with Gasteiger partial charge < -0.3 is 9.54 Å². The lowest BCUT2D eigenvalue weighted by atomic mass is 10.3. The van der Waals surface area contributed by atoms with Gasteiger partial charge in [0.05, 0.1) is 6.20 Å². The van der Waals surface area contributed by atoms with Crippen molar-refractivity contribution in [3.05, 3.63) is 17.7 Å². The quantitative estimate of drug-likeness (QED) is 0.660. The Bertz CT molecular complexity index is 408. The van der Waals surface area contributed by atoms with Gasteiger partial charge in [-0.05, 0) is 20.8 Å². The number of halogens is 3. The summed E-state index contributed by atoms with van der Waals surface area (Å²) in [4.78, 5) is 5.52. The molecule has 0 spiro atoms. The fourth-order valence-electron chi connectivity index (χ4n) is 0.802. The first-order valence-corrected chi connectivity index (χ1v) is 5.79. The first-order valence-electron chi connectivity index (χ1n) is 4.69. The Morgan fingerprint density at radius 2 is 2.00 bits per heavy atom. The third-order valence-corrected chi connectivity index (χ3v) is 3.04. The van der Waals surface area contributed by atoms with Gasteiger partial charge in [0, 0.05) is 0 Å². The predicted octanol–water partition coefficient (Wildman–Crippen LogP) is 2.31. The van der Waals surface area contributed by atoms with E-state index < -0.39 is 28.0 Å². The second-order valence-corrected chi connectivity index (χ2v) is 6.21. The Balaban J connectivity index is 2.77. The van der Waals surface area contributed by atoms with Gasteiger partial charge in [-0.25, -0.2) is 4.98 Å². The van der Waals surface area contributed by atoms with Crippen molar-refractivity contribution in [1.29, 1.82) is 0 Å². The summed E-state index contributed by atoms with van der Waals surface area (Å²) in [6.07, 6.45) is -2.76. The van der Waals surface area contributed by atoms with Gasteiger partial charge in [-0.1, -0.05) is 4.40 Å². The van der Waals surface area contributed by atoms with E-state index >= 15 is 0 Å². The Labute approximate surface area is 99.7 Å². The van der Waals surface area contributed by atoms with Gasteiger partial charge in [0.2, 0.25) is 0 Å². The molecular weight excluding hydrogens is 255 g/mol. The standard InChI is InChI=1S/C9H12F3N3OS/c1-8(2,3)17(16)14-5-7-13-4-6(15-7)9(10,11)12/h4-5H,1-3H3,(H,13,15)/b14-5+. The average Bonchev–Trinajstić information content (AvgIpc) is 2.59. The van der Waals surface area contributed by atoms with E-state index in [9.17, 15) is 17.7 Å². The van der Waals surface area contributed by atoms with Crippen LogP contribution in [0.2, 0.25) is 0 Å². The normalized spacial score (nSPS) is 15.5. The number of H-pyrrole nitrogens is 1. The molecule has 0 aromatic carbocycles. The van der Waals surface area contributed by atoms with Crippen LogP contribution < -0.4 is 0 Å². The summed E-state index contributed by atoms with van der Waals surface area (Å²) in [6, 6.07) is 0. The van der Waals surface area contributed by atoms with E-state index in [0.717, 1.165) is 6.21 Å². The summed E-state index contributed by atoms with van der Waals surface area (Å²) in [5.41, 5.74) is -0.958. The molecule has 0 bridgehead atoms. The monoisotopic (exact) mass is 267 g/mol. The van der Waals surface area contributed by atoms with E-state index in [-0.39, 0.29) is 5.82 Å². The van der Waals surface area contributed by atoms with Crippen LogP contribution in [0.25, 0.3) is 0 Å². The number of nitrogens with one attached hydrogen (secondary N) is 1. The van der Waals surface area contributed by atoms with Gasteiger partial charge in [-0.3, -0.25) is 0 Å². The highest BCUT2D eigenvalue weighted by Crippen LogP contribution is 2.27. The van der Waals surface area contributed by atoms with Crippen molar-refractivity contribution in [3.63, 3.8) is 0 Å². The van der Waals surface area contributed by atoms with Crippen molar-refractivity contribution < 1.29 is 17.7 Å². The summed E-state index contributed by atoms with van der Waals surface area (Å²) in [5.74, 6) is -0.0741. The molecule has 17 heavy (non-hydrogen) atoms. The summed E-state index contributed by atoms with van der Waals surface area (Å²) in [5, 5.41) is 0. The van der Waals surface area contributed by atoms with Gasteiger partial charge in [0.15, 0.2) is 5.82 Å². The van der Waals surface area contributed by atoms with Gasteiger partial charge in [-0.15, -0.1) is 0 Å². The topological polar surface area (TPSA) is 64.1 Å². The van der Waals surface area contributed by atoms with Crippen LogP contribution in [0, 0.1) is 0 Å². The van der Waals surface area contributed by atoms with Gasteiger partial charge in [0.25, 0.3) is 0 Å². The minimum absolute atomic E-state index is 0.0741. The first kappa shape index (κ1) is 14.0. The molecule has 1 atom stereocenters. The van der Waals surface area contributed by atoms with Crippen LogP contribution in [0.5, 0.6) is 0 Å². The third kappa shape index (κ3) is 4.04. The molecule has 0 radical (unpaired) electrons. The van der Waals surface area contributed by atoms with Crippen molar-refractivity contribution in [3.8, 4) is 0 Å². The number of nitrogens with zero attached hydrogens (tertiary/aromatic N) is 2. The third-order valence-electron chi connectivity index (χ3n) is 1.70. The Kier molecular flexibility index (Phi) is 3.88. The lowest BCUT2D eigenvalue weighted by Crippen LogP contribution is -2.25. The molecule has 1 aromatic rings. The van der Waals surface area contributed by atoms with Crippen LogP contribution in [-0.2, 0) is 17.5 Å². The molecule has 1 heterocycles. The molecule has 0 amide bonds. The van der Waals surface area contributed by atoms with Crippen molar-refractivity contribution in [2.75, 3.05) is 0 Å². The number of aromatic amines is 1. The molecule has 0 aliphatic carbocycles. The van der Waals surface area contributed by atoms with E-state index in [2.05, 4.69) is 9.38 Å². The van der Waals surface area contributed by atoms with Crippen LogP contribution in [0.4, 0.5) is 13.2 Å². The summed E-state index contributed by atoms with van der Waals surface area (Å²) >= 11 is -1.52. The highest BCUT2D eigenvalue weighted by atomic mass is 32.2. The molecule has 8 heteroatoms. The maximum atomic E-state index is 12.2. The molecule has 1 N–H and O–H groups in total. The molecule has 1 aromatic heterocycles. The Morgan fingerprint density at radius 1 is 1.41 bits per heavy atom. The highest BCUT2D eigenvalue weighted by Gasteiger charge is 2.33. The van der Waals surface area contributed by atoms with Crippen molar-refractivity contribution in [2.45, 2.75) is 31.7 Å². The Morgan fingerprint density at radius 3 is 2.41 bits per heavy atom. The van der Waals surface area contributed by atoms with Crippen LogP contribution in [0.3, 0.4) is 0 Å². The molecule has 0 saturated carbocycles. The smallest absolute Gasteiger partial charge is 0.432 e. The van der Waals surface area contributed by atoms with E-state index in [1.165, 1.54) is 0 Å². The molecule has 1 rings (SSSR count). The molecule has 1 unspecified atom stereocenters. The fraction of sp³-hybridized carbons (Fsp3) is 0.556. The minimum Gasteiger partial charge on any atom is -0.591 e. The maximum Gasteiger partial charge on any atom is 0.432 e. The summed E-state index contributed by atoms with van der Waals surface area (Å²) in [6.45, 7) is 5.14. The van der Waals surface area contributed by atoms with Crippen LogP contribution in [0.1, 0.15) is 32.3 Å². The zero-order chi connectivity index (χ0) is 13.3. The molecule has 0 aliphatic rings. The summed E-state index contributed by atoms with van der Waals surface area (Å²) < 4.78 is 51.2. The molecule has 0 fully saturated rings. The van der Waals surface area contributed by atoms with Crippen molar-refractivity contribution >= 4 is 17.6 Å². The van der Waals surface area contributed by atoms with E-state index in [1.807, 2.05) is 4.98 Å². The van der Waals surface area contributed by atoms with Crippen molar-refractivity contribution in [1.82, 2.24) is 9.97 Å². The molecule has 96 valence electrons.